The second-order valence-electron chi connectivity index (χ2n) is 5.27. The summed E-state index contributed by atoms with van der Waals surface area (Å²) >= 11 is 0. The van der Waals surface area contributed by atoms with Crippen molar-refractivity contribution >= 4 is 5.78 Å². The molecule has 0 aliphatic rings. The van der Waals surface area contributed by atoms with E-state index in [0.717, 1.165) is 0 Å². The van der Waals surface area contributed by atoms with E-state index < -0.39 is 28.9 Å². The van der Waals surface area contributed by atoms with Gasteiger partial charge in [-0.15, -0.1) is 0 Å². The van der Waals surface area contributed by atoms with Crippen molar-refractivity contribution in [3.63, 3.8) is 0 Å². The van der Waals surface area contributed by atoms with E-state index in [4.69, 9.17) is 5.73 Å². The van der Waals surface area contributed by atoms with Gasteiger partial charge in [0.1, 0.15) is 0 Å². The lowest BCUT2D eigenvalue weighted by Gasteiger charge is -2.25. The molecule has 94 valence electrons. The minimum Gasteiger partial charge on any atom is -0.321 e. The summed E-state index contributed by atoms with van der Waals surface area (Å²) in [4.78, 5) is 11.9. The molecule has 0 heterocycles. The van der Waals surface area contributed by atoms with Crippen LogP contribution < -0.4 is 5.73 Å². The van der Waals surface area contributed by atoms with Crippen LogP contribution in [0, 0.1) is 24.0 Å². The zero-order valence-corrected chi connectivity index (χ0v) is 10.5. The summed E-state index contributed by atoms with van der Waals surface area (Å²) in [7, 11) is 0. The van der Waals surface area contributed by atoms with Gasteiger partial charge in [-0.25, -0.2) is 8.78 Å². The molecule has 17 heavy (non-hydrogen) atoms. The molecule has 1 aromatic carbocycles. The molecule has 0 saturated carbocycles. The Balaban J connectivity index is 3.19. The molecule has 4 heteroatoms. The van der Waals surface area contributed by atoms with Gasteiger partial charge in [-0.3, -0.25) is 4.79 Å². The molecule has 0 spiro atoms. The van der Waals surface area contributed by atoms with Gasteiger partial charge in [-0.2, -0.15) is 0 Å². The predicted molar refractivity (Wildman–Crippen MR) is 62.9 cm³/mol. The third-order valence-electron chi connectivity index (χ3n) is 2.76. The van der Waals surface area contributed by atoms with Crippen LogP contribution in [0.25, 0.3) is 0 Å². The van der Waals surface area contributed by atoms with Crippen LogP contribution in [0.3, 0.4) is 0 Å². The van der Waals surface area contributed by atoms with Gasteiger partial charge < -0.3 is 5.73 Å². The molecule has 2 nitrogen and oxygen atoms in total. The molecule has 1 atom stereocenters. The van der Waals surface area contributed by atoms with E-state index in [9.17, 15) is 13.6 Å². The third kappa shape index (κ3) is 2.69. The Hall–Kier alpha value is -1.29. The first-order valence-corrected chi connectivity index (χ1v) is 5.40. The first-order valence-electron chi connectivity index (χ1n) is 5.40. The minimum atomic E-state index is -1.12. The molecule has 0 amide bonds. The summed E-state index contributed by atoms with van der Waals surface area (Å²) in [5.74, 6) is -2.68. The highest BCUT2D eigenvalue weighted by Gasteiger charge is 2.30. The molecule has 1 unspecified atom stereocenters. The smallest absolute Gasteiger partial charge is 0.183 e. The van der Waals surface area contributed by atoms with Crippen molar-refractivity contribution in [1.82, 2.24) is 0 Å². The van der Waals surface area contributed by atoms with E-state index >= 15 is 0 Å². The van der Waals surface area contributed by atoms with Gasteiger partial charge in [0.2, 0.25) is 0 Å². The summed E-state index contributed by atoms with van der Waals surface area (Å²) in [6.07, 6.45) is 0. The molecule has 1 rings (SSSR count). The molecule has 0 radical (unpaired) electrons. The van der Waals surface area contributed by atoms with Crippen LogP contribution in [0.1, 0.15) is 36.7 Å². The molecule has 0 saturated heterocycles. The van der Waals surface area contributed by atoms with Gasteiger partial charge in [0, 0.05) is 0 Å². The van der Waals surface area contributed by atoms with Crippen molar-refractivity contribution in [1.29, 1.82) is 0 Å². The molecule has 0 bridgehead atoms. The van der Waals surface area contributed by atoms with Crippen LogP contribution in [-0.2, 0) is 0 Å². The lowest BCUT2D eigenvalue weighted by molar-refractivity contribution is 0.0896. The lowest BCUT2D eigenvalue weighted by Crippen LogP contribution is -2.42. The van der Waals surface area contributed by atoms with Crippen molar-refractivity contribution in [3.05, 3.63) is 34.9 Å². The standard InChI is InChI=1S/C13H17F2NO/c1-7-5-6-8(10(15)9(7)14)11(17)12(16)13(2,3)4/h5-6,12H,16H2,1-4H3. The summed E-state index contributed by atoms with van der Waals surface area (Å²) in [6, 6.07) is 1.79. The Morgan fingerprint density at radius 3 is 2.24 bits per heavy atom. The number of nitrogens with two attached hydrogens (primary N) is 1. The third-order valence-corrected chi connectivity index (χ3v) is 2.76. The van der Waals surface area contributed by atoms with Crippen LogP contribution in [-0.4, -0.2) is 11.8 Å². The number of carbonyl (C=O) groups excluding carboxylic acids is 1. The molecule has 0 aromatic heterocycles. The Morgan fingerprint density at radius 1 is 1.24 bits per heavy atom. The average molecular weight is 241 g/mol. The van der Waals surface area contributed by atoms with Crippen molar-refractivity contribution < 1.29 is 13.6 Å². The minimum absolute atomic E-state index is 0.170. The Kier molecular flexibility index (Phi) is 3.67. The van der Waals surface area contributed by atoms with E-state index in [-0.39, 0.29) is 11.1 Å². The molecule has 2 N–H and O–H groups in total. The van der Waals surface area contributed by atoms with Gasteiger partial charge >= 0.3 is 0 Å². The normalized spacial score (nSPS) is 13.6. The number of ketones is 1. The highest BCUT2D eigenvalue weighted by molar-refractivity contribution is 6.00. The fourth-order valence-corrected chi connectivity index (χ4v) is 1.40. The SMILES string of the molecule is Cc1ccc(C(=O)C(N)C(C)(C)C)c(F)c1F. The Bertz CT molecular complexity index is 449. The summed E-state index contributed by atoms with van der Waals surface area (Å²) < 4.78 is 27.0. The number of Topliss-reactive ketones (excluding diaryl/α,β-unsaturated/α-hetero) is 1. The monoisotopic (exact) mass is 241 g/mol. The number of halogens is 2. The molecule has 1 aromatic rings. The summed E-state index contributed by atoms with van der Waals surface area (Å²) in [5.41, 5.74) is 5.14. The number of carbonyl (C=O) groups is 1. The van der Waals surface area contributed by atoms with Crippen LogP contribution in [0.2, 0.25) is 0 Å². The second-order valence-corrected chi connectivity index (χ2v) is 5.27. The Labute approximate surface area is 99.8 Å². The van der Waals surface area contributed by atoms with Crippen LogP contribution >= 0.6 is 0 Å². The molecule has 0 fully saturated rings. The van der Waals surface area contributed by atoms with Gasteiger partial charge in [0.05, 0.1) is 11.6 Å². The zero-order valence-electron chi connectivity index (χ0n) is 10.5. The highest BCUT2D eigenvalue weighted by Crippen LogP contribution is 2.23. The van der Waals surface area contributed by atoms with Gasteiger partial charge in [-0.05, 0) is 24.0 Å². The van der Waals surface area contributed by atoms with Crippen molar-refractivity contribution in [2.24, 2.45) is 11.1 Å². The average Bonchev–Trinajstić information content (AvgIpc) is 2.23. The largest absolute Gasteiger partial charge is 0.321 e. The Morgan fingerprint density at radius 2 is 1.76 bits per heavy atom. The van der Waals surface area contributed by atoms with E-state index in [1.54, 1.807) is 20.8 Å². The topological polar surface area (TPSA) is 43.1 Å². The van der Waals surface area contributed by atoms with Crippen LogP contribution in [0.5, 0.6) is 0 Å². The molecule has 0 aliphatic carbocycles. The van der Waals surface area contributed by atoms with E-state index in [1.165, 1.54) is 19.1 Å². The number of rotatable bonds is 2. The highest BCUT2D eigenvalue weighted by atomic mass is 19.2. The first-order chi connectivity index (χ1) is 7.66. The van der Waals surface area contributed by atoms with Gasteiger partial charge in [0.25, 0.3) is 0 Å². The number of hydrogen-bond acceptors (Lipinski definition) is 2. The van der Waals surface area contributed by atoms with Crippen LogP contribution in [0.4, 0.5) is 8.78 Å². The second kappa shape index (κ2) is 4.53. The zero-order chi connectivity index (χ0) is 13.4. The van der Waals surface area contributed by atoms with Crippen molar-refractivity contribution in [3.8, 4) is 0 Å². The fraction of sp³-hybridized carbons (Fsp3) is 0.462. The van der Waals surface area contributed by atoms with Gasteiger partial charge in [0.15, 0.2) is 17.4 Å². The molecular weight excluding hydrogens is 224 g/mol. The molecular formula is C13H17F2NO. The van der Waals surface area contributed by atoms with E-state index in [0.29, 0.717) is 0 Å². The predicted octanol–water partition coefficient (Wildman–Crippen LogP) is 2.83. The maximum atomic E-state index is 13.6. The number of aryl methyl sites for hydroxylation is 1. The number of benzene rings is 1. The van der Waals surface area contributed by atoms with Crippen molar-refractivity contribution in [2.45, 2.75) is 33.7 Å². The van der Waals surface area contributed by atoms with E-state index in [2.05, 4.69) is 0 Å². The van der Waals surface area contributed by atoms with E-state index in [1.807, 2.05) is 0 Å². The van der Waals surface area contributed by atoms with Gasteiger partial charge in [-0.1, -0.05) is 26.8 Å². The lowest BCUT2D eigenvalue weighted by atomic mass is 9.82. The van der Waals surface area contributed by atoms with Crippen molar-refractivity contribution in [2.75, 3.05) is 0 Å². The quantitative estimate of drug-likeness (QED) is 0.809. The fourth-order valence-electron chi connectivity index (χ4n) is 1.40. The maximum Gasteiger partial charge on any atom is 0.183 e. The van der Waals surface area contributed by atoms with Crippen LogP contribution in [0.15, 0.2) is 12.1 Å². The maximum absolute atomic E-state index is 13.6. The molecule has 0 aliphatic heterocycles. The summed E-state index contributed by atoms with van der Waals surface area (Å²) in [6.45, 7) is 6.77. The summed E-state index contributed by atoms with van der Waals surface area (Å²) in [5, 5.41) is 0. The first kappa shape index (κ1) is 13.8. The number of hydrogen-bond donors (Lipinski definition) is 1.